The molecule has 3 rings (SSSR count). The lowest BCUT2D eigenvalue weighted by atomic mass is 10.1. The smallest absolute Gasteiger partial charge is 0.142 e. The highest BCUT2D eigenvalue weighted by Gasteiger charge is 2.00. The summed E-state index contributed by atoms with van der Waals surface area (Å²) in [4.78, 5) is 10.3. The molecule has 3 nitrogen and oxygen atoms in total. The lowest BCUT2D eigenvalue weighted by Gasteiger charge is -2.06. The number of carbonyl (C=O) groups excluding carboxylic acids is 1. The Kier molecular flexibility index (Phi) is 5.24. The zero-order valence-electron chi connectivity index (χ0n) is 13.9. The van der Waals surface area contributed by atoms with Crippen LogP contribution in [0, 0.1) is 0 Å². The summed E-state index contributed by atoms with van der Waals surface area (Å²) in [5, 5.41) is 4.78. The molecule has 122 valence electrons. The van der Waals surface area contributed by atoms with Crippen LogP contribution in [0.2, 0.25) is 0 Å². The van der Waals surface area contributed by atoms with Crippen LogP contribution in [0.3, 0.4) is 0 Å². The lowest BCUT2D eigenvalue weighted by molar-refractivity contribution is -0.104. The molecule has 0 saturated carbocycles. The molecule has 0 aliphatic carbocycles. The summed E-state index contributed by atoms with van der Waals surface area (Å²) in [5.41, 5.74) is 4.93. The SMILES string of the molecule is Cn1ccc2ccc(CCNCc3ccc(/C=C/C=O)cc3)cc21. The number of aldehydes is 1. The maximum absolute atomic E-state index is 10.3. The third kappa shape index (κ3) is 4.00. The summed E-state index contributed by atoms with van der Waals surface area (Å²) in [6, 6.07) is 17.0. The second kappa shape index (κ2) is 7.75. The normalized spacial score (nSPS) is 11.4. The van der Waals surface area contributed by atoms with Crippen LogP contribution in [0.25, 0.3) is 17.0 Å². The minimum atomic E-state index is 0.794. The van der Waals surface area contributed by atoms with Crippen molar-refractivity contribution in [1.82, 2.24) is 9.88 Å². The van der Waals surface area contributed by atoms with E-state index in [9.17, 15) is 4.79 Å². The predicted molar refractivity (Wildman–Crippen MR) is 99.9 cm³/mol. The van der Waals surface area contributed by atoms with Crippen molar-refractivity contribution in [2.45, 2.75) is 13.0 Å². The monoisotopic (exact) mass is 318 g/mol. The zero-order valence-corrected chi connectivity index (χ0v) is 13.9. The molecule has 1 N–H and O–H groups in total. The van der Waals surface area contributed by atoms with Gasteiger partial charge in [-0.1, -0.05) is 42.5 Å². The highest BCUT2D eigenvalue weighted by molar-refractivity contribution is 5.80. The molecule has 0 saturated heterocycles. The fraction of sp³-hybridized carbons (Fsp3) is 0.190. The van der Waals surface area contributed by atoms with Gasteiger partial charge in [-0.15, -0.1) is 0 Å². The molecule has 0 spiro atoms. The molecule has 24 heavy (non-hydrogen) atoms. The summed E-state index contributed by atoms with van der Waals surface area (Å²) in [6.07, 6.45) is 7.23. The standard InChI is InChI=1S/C21H22N2O/c1-23-13-11-20-9-8-18(15-21(20)23)10-12-22-16-19-6-4-17(5-7-19)3-2-14-24/h2-9,11,13-15,22H,10,12,16H2,1H3/b3-2+. The summed E-state index contributed by atoms with van der Waals surface area (Å²) in [7, 11) is 2.08. The van der Waals surface area contributed by atoms with Gasteiger partial charge in [-0.2, -0.15) is 0 Å². The van der Waals surface area contributed by atoms with E-state index in [0.29, 0.717) is 0 Å². The van der Waals surface area contributed by atoms with Gasteiger partial charge in [0.25, 0.3) is 0 Å². The molecule has 2 aromatic carbocycles. The molecule has 0 fully saturated rings. The number of nitrogens with zero attached hydrogens (tertiary/aromatic N) is 1. The fourth-order valence-corrected chi connectivity index (χ4v) is 2.83. The third-order valence-electron chi connectivity index (χ3n) is 4.22. The first-order chi connectivity index (χ1) is 11.8. The van der Waals surface area contributed by atoms with Crippen molar-refractivity contribution in [3.05, 3.63) is 77.5 Å². The van der Waals surface area contributed by atoms with Crippen molar-refractivity contribution in [2.24, 2.45) is 7.05 Å². The van der Waals surface area contributed by atoms with Crippen molar-refractivity contribution in [3.63, 3.8) is 0 Å². The number of aromatic nitrogens is 1. The second-order valence-electron chi connectivity index (χ2n) is 5.98. The molecule has 0 aliphatic rings. The minimum absolute atomic E-state index is 0.794. The Hall–Kier alpha value is -2.65. The molecule has 0 amide bonds. The third-order valence-corrected chi connectivity index (χ3v) is 4.22. The number of carbonyl (C=O) groups is 1. The van der Waals surface area contributed by atoms with Crippen molar-refractivity contribution in [1.29, 1.82) is 0 Å². The van der Waals surface area contributed by atoms with E-state index in [-0.39, 0.29) is 0 Å². The van der Waals surface area contributed by atoms with Crippen LogP contribution in [0.4, 0.5) is 0 Å². The van der Waals surface area contributed by atoms with E-state index in [2.05, 4.69) is 59.5 Å². The van der Waals surface area contributed by atoms with Gasteiger partial charge >= 0.3 is 0 Å². The molecule has 1 aromatic heterocycles. The van der Waals surface area contributed by atoms with E-state index < -0.39 is 0 Å². The van der Waals surface area contributed by atoms with E-state index >= 15 is 0 Å². The van der Waals surface area contributed by atoms with Crippen LogP contribution in [0.5, 0.6) is 0 Å². The largest absolute Gasteiger partial charge is 0.351 e. The van der Waals surface area contributed by atoms with Crippen molar-refractivity contribution < 1.29 is 4.79 Å². The van der Waals surface area contributed by atoms with E-state index in [1.54, 1.807) is 0 Å². The van der Waals surface area contributed by atoms with E-state index in [1.165, 1.54) is 28.1 Å². The first-order valence-corrected chi connectivity index (χ1v) is 8.22. The summed E-state index contributed by atoms with van der Waals surface area (Å²) in [5.74, 6) is 0. The van der Waals surface area contributed by atoms with E-state index in [4.69, 9.17) is 0 Å². The molecule has 0 aliphatic heterocycles. The summed E-state index contributed by atoms with van der Waals surface area (Å²) >= 11 is 0. The predicted octanol–water partition coefficient (Wildman–Crippen LogP) is 3.72. The number of benzene rings is 2. The van der Waals surface area contributed by atoms with Gasteiger partial charge in [0.2, 0.25) is 0 Å². The molecule has 1 heterocycles. The molecule has 3 aromatic rings. The Balaban J connectivity index is 1.50. The number of nitrogens with one attached hydrogen (secondary N) is 1. The number of fused-ring (bicyclic) bond motifs is 1. The Bertz CT molecular complexity index is 844. The minimum Gasteiger partial charge on any atom is -0.351 e. The quantitative estimate of drug-likeness (QED) is 0.409. The van der Waals surface area contributed by atoms with Gasteiger partial charge < -0.3 is 9.88 Å². The second-order valence-corrected chi connectivity index (χ2v) is 5.98. The Morgan fingerprint density at radius 1 is 1.04 bits per heavy atom. The molecule has 0 unspecified atom stereocenters. The molecule has 0 atom stereocenters. The fourth-order valence-electron chi connectivity index (χ4n) is 2.83. The average Bonchev–Trinajstić information content (AvgIpc) is 2.99. The van der Waals surface area contributed by atoms with Crippen LogP contribution in [-0.4, -0.2) is 17.4 Å². The van der Waals surface area contributed by atoms with Gasteiger partial charge in [0.15, 0.2) is 0 Å². The van der Waals surface area contributed by atoms with Gasteiger partial charge in [0.1, 0.15) is 6.29 Å². The van der Waals surface area contributed by atoms with Crippen LogP contribution >= 0.6 is 0 Å². The Morgan fingerprint density at radius 2 is 1.83 bits per heavy atom. The van der Waals surface area contributed by atoms with Gasteiger partial charge in [-0.25, -0.2) is 0 Å². The number of allylic oxidation sites excluding steroid dienone is 1. The van der Waals surface area contributed by atoms with Crippen molar-refractivity contribution in [2.75, 3.05) is 6.54 Å². The Morgan fingerprint density at radius 3 is 2.62 bits per heavy atom. The maximum Gasteiger partial charge on any atom is 0.142 e. The van der Waals surface area contributed by atoms with Gasteiger partial charge in [-0.3, -0.25) is 4.79 Å². The highest BCUT2D eigenvalue weighted by Crippen LogP contribution is 2.16. The van der Waals surface area contributed by atoms with Crippen LogP contribution in [0.1, 0.15) is 16.7 Å². The van der Waals surface area contributed by atoms with Crippen LogP contribution < -0.4 is 5.32 Å². The molecule has 3 heteroatoms. The van der Waals surface area contributed by atoms with Crippen molar-refractivity contribution >= 4 is 23.3 Å². The zero-order chi connectivity index (χ0) is 16.8. The molecule has 0 bridgehead atoms. The van der Waals surface area contributed by atoms with E-state index in [0.717, 1.165) is 31.4 Å². The Labute approximate surface area is 142 Å². The maximum atomic E-state index is 10.3. The van der Waals surface area contributed by atoms with Gasteiger partial charge in [0.05, 0.1) is 0 Å². The summed E-state index contributed by atoms with van der Waals surface area (Å²) < 4.78 is 2.16. The van der Waals surface area contributed by atoms with Gasteiger partial charge in [-0.05, 0) is 53.3 Å². The number of hydrogen-bond donors (Lipinski definition) is 1. The number of aryl methyl sites for hydroxylation is 1. The highest BCUT2D eigenvalue weighted by atomic mass is 16.1. The van der Waals surface area contributed by atoms with E-state index in [1.807, 2.05) is 18.2 Å². The molecular weight excluding hydrogens is 296 g/mol. The lowest BCUT2D eigenvalue weighted by Crippen LogP contribution is -2.16. The van der Waals surface area contributed by atoms with Crippen molar-refractivity contribution in [3.8, 4) is 0 Å². The van der Waals surface area contributed by atoms with Gasteiger partial charge in [0, 0.05) is 25.3 Å². The first-order valence-electron chi connectivity index (χ1n) is 8.22. The topological polar surface area (TPSA) is 34.0 Å². The van der Waals surface area contributed by atoms with Crippen LogP contribution in [0.15, 0.2) is 60.8 Å². The molecular formula is C21H22N2O. The number of rotatable bonds is 7. The summed E-state index contributed by atoms with van der Waals surface area (Å²) in [6.45, 7) is 1.80. The first kappa shape index (κ1) is 16.2. The number of hydrogen-bond acceptors (Lipinski definition) is 2. The molecule has 0 radical (unpaired) electrons. The van der Waals surface area contributed by atoms with Crippen LogP contribution in [-0.2, 0) is 24.8 Å². The average molecular weight is 318 g/mol.